The van der Waals surface area contributed by atoms with Crippen LogP contribution in [0.15, 0.2) is 24.3 Å². The van der Waals surface area contributed by atoms with Crippen molar-refractivity contribution in [1.29, 1.82) is 0 Å². The first-order valence-corrected chi connectivity index (χ1v) is 6.79. The number of anilines is 1. The van der Waals surface area contributed by atoms with Crippen LogP contribution >= 0.6 is 0 Å². The Balaban J connectivity index is 1.95. The molecule has 2 nitrogen and oxygen atoms in total. The molecule has 17 heavy (non-hydrogen) atoms. The predicted octanol–water partition coefficient (Wildman–Crippen LogP) is 3.17. The Bertz CT molecular complexity index is 338. The Kier molecular flexibility index (Phi) is 4.06. The molecule has 0 aliphatic heterocycles. The highest BCUT2D eigenvalue weighted by atomic mass is 15.1. The van der Waals surface area contributed by atoms with Crippen LogP contribution < -0.4 is 10.2 Å². The summed E-state index contributed by atoms with van der Waals surface area (Å²) < 4.78 is 0. The zero-order valence-electron chi connectivity index (χ0n) is 11.2. The lowest BCUT2D eigenvalue weighted by Gasteiger charge is -2.27. The van der Waals surface area contributed by atoms with Gasteiger partial charge >= 0.3 is 0 Å². The molecular weight excluding hydrogens is 208 g/mol. The van der Waals surface area contributed by atoms with Crippen LogP contribution in [0.25, 0.3) is 0 Å². The van der Waals surface area contributed by atoms with Gasteiger partial charge in [-0.05, 0) is 51.3 Å². The molecule has 2 rings (SSSR count). The molecule has 0 spiro atoms. The molecule has 1 saturated carbocycles. The van der Waals surface area contributed by atoms with Gasteiger partial charge in [0, 0.05) is 30.9 Å². The van der Waals surface area contributed by atoms with Crippen molar-refractivity contribution < 1.29 is 0 Å². The fraction of sp³-hybridized carbons (Fsp3) is 0.600. The van der Waals surface area contributed by atoms with Gasteiger partial charge in [0.1, 0.15) is 0 Å². The van der Waals surface area contributed by atoms with Gasteiger partial charge in [-0.1, -0.05) is 12.1 Å². The topological polar surface area (TPSA) is 15.3 Å². The first-order chi connectivity index (χ1) is 8.20. The summed E-state index contributed by atoms with van der Waals surface area (Å²) in [5.41, 5.74) is 2.72. The van der Waals surface area contributed by atoms with Gasteiger partial charge in [-0.15, -0.1) is 0 Å². The van der Waals surface area contributed by atoms with Crippen LogP contribution in [0.1, 0.15) is 39.2 Å². The maximum absolute atomic E-state index is 3.54. The predicted molar refractivity (Wildman–Crippen MR) is 74.5 cm³/mol. The van der Waals surface area contributed by atoms with Crippen LogP contribution in [0, 0.1) is 0 Å². The molecule has 1 aliphatic carbocycles. The van der Waals surface area contributed by atoms with Crippen LogP contribution in [0.5, 0.6) is 0 Å². The van der Waals surface area contributed by atoms with E-state index < -0.39 is 0 Å². The molecule has 1 aromatic rings. The summed E-state index contributed by atoms with van der Waals surface area (Å²) in [5, 5.41) is 3.54. The van der Waals surface area contributed by atoms with Crippen molar-refractivity contribution in [1.82, 2.24) is 5.32 Å². The molecule has 0 bridgehead atoms. The zero-order valence-corrected chi connectivity index (χ0v) is 11.2. The number of benzene rings is 1. The minimum absolute atomic E-state index is 0.565. The highest BCUT2D eigenvalue weighted by Gasteiger charge is 2.19. The molecule has 2 heteroatoms. The Labute approximate surface area is 105 Å². The zero-order chi connectivity index (χ0) is 12.3. The van der Waals surface area contributed by atoms with E-state index in [1.807, 2.05) is 0 Å². The van der Waals surface area contributed by atoms with Crippen LogP contribution in [0.4, 0.5) is 5.69 Å². The van der Waals surface area contributed by atoms with Gasteiger partial charge in [0.25, 0.3) is 0 Å². The number of nitrogens with one attached hydrogen (secondary N) is 1. The number of nitrogens with zero attached hydrogens (tertiary/aromatic N) is 1. The molecule has 94 valence electrons. The van der Waals surface area contributed by atoms with Crippen molar-refractivity contribution in [2.24, 2.45) is 0 Å². The maximum atomic E-state index is 3.54. The number of hydrogen-bond acceptors (Lipinski definition) is 2. The van der Waals surface area contributed by atoms with Gasteiger partial charge in [0.2, 0.25) is 0 Å². The Morgan fingerprint density at radius 2 is 1.88 bits per heavy atom. The van der Waals surface area contributed by atoms with Crippen LogP contribution in [-0.2, 0) is 6.54 Å². The van der Waals surface area contributed by atoms with Gasteiger partial charge in [0.15, 0.2) is 0 Å². The quantitative estimate of drug-likeness (QED) is 0.810. The van der Waals surface area contributed by atoms with E-state index in [0.717, 1.165) is 19.1 Å². The molecule has 1 fully saturated rings. The van der Waals surface area contributed by atoms with E-state index in [1.165, 1.54) is 24.1 Å². The van der Waals surface area contributed by atoms with Crippen LogP contribution in [-0.4, -0.2) is 18.6 Å². The largest absolute Gasteiger partial charge is 0.369 e. The van der Waals surface area contributed by atoms with Crippen molar-refractivity contribution in [3.8, 4) is 0 Å². The molecule has 0 unspecified atom stereocenters. The SMILES string of the molecule is CCN(c1ccc(CNC2CC2)cc1)C(C)C. The Hall–Kier alpha value is -1.02. The van der Waals surface area contributed by atoms with Crippen LogP contribution in [0.2, 0.25) is 0 Å². The summed E-state index contributed by atoms with van der Waals surface area (Å²) in [6.07, 6.45) is 2.71. The summed E-state index contributed by atoms with van der Waals surface area (Å²) in [6.45, 7) is 8.77. The molecule has 0 radical (unpaired) electrons. The van der Waals surface area contributed by atoms with E-state index in [1.54, 1.807) is 0 Å². The van der Waals surface area contributed by atoms with Crippen molar-refractivity contribution >= 4 is 5.69 Å². The first kappa shape index (κ1) is 12.4. The lowest BCUT2D eigenvalue weighted by molar-refractivity contribution is 0.685. The molecule has 0 amide bonds. The Morgan fingerprint density at radius 3 is 2.35 bits per heavy atom. The summed E-state index contributed by atoms with van der Waals surface area (Å²) >= 11 is 0. The average molecular weight is 232 g/mol. The third-order valence-corrected chi connectivity index (χ3v) is 3.40. The van der Waals surface area contributed by atoms with Crippen molar-refractivity contribution in [3.05, 3.63) is 29.8 Å². The van der Waals surface area contributed by atoms with Crippen molar-refractivity contribution in [2.75, 3.05) is 11.4 Å². The fourth-order valence-electron chi connectivity index (χ4n) is 2.20. The third-order valence-electron chi connectivity index (χ3n) is 3.40. The third kappa shape index (κ3) is 3.47. The smallest absolute Gasteiger partial charge is 0.0368 e. The van der Waals surface area contributed by atoms with E-state index in [2.05, 4.69) is 55.3 Å². The summed E-state index contributed by atoms with van der Waals surface area (Å²) in [4.78, 5) is 2.41. The minimum Gasteiger partial charge on any atom is -0.369 e. The van der Waals surface area contributed by atoms with Gasteiger partial charge in [-0.2, -0.15) is 0 Å². The molecule has 1 aromatic carbocycles. The van der Waals surface area contributed by atoms with E-state index in [4.69, 9.17) is 0 Å². The average Bonchev–Trinajstić information content (AvgIpc) is 3.12. The van der Waals surface area contributed by atoms with E-state index >= 15 is 0 Å². The van der Waals surface area contributed by atoms with Gasteiger partial charge < -0.3 is 10.2 Å². The monoisotopic (exact) mass is 232 g/mol. The normalized spacial score (nSPS) is 15.3. The van der Waals surface area contributed by atoms with E-state index in [-0.39, 0.29) is 0 Å². The highest BCUT2D eigenvalue weighted by molar-refractivity contribution is 5.48. The molecule has 0 aromatic heterocycles. The second kappa shape index (κ2) is 5.54. The Morgan fingerprint density at radius 1 is 1.24 bits per heavy atom. The van der Waals surface area contributed by atoms with Crippen molar-refractivity contribution in [3.63, 3.8) is 0 Å². The second-order valence-electron chi connectivity index (χ2n) is 5.20. The van der Waals surface area contributed by atoms with Crippen molar-refractivity contribution in [2.45, 2.75) is 52.2 Å². The molecule has 0 atom stereocenters. The summed E-state index contributed by atoms with van der Waals surface area (Å²) in [5.74, 6) is 0. The molecule has 1 N–H and O–H groups in total. The molecular formula is C15H24N2. The van der Waals surface area contributed by atoms with Gasteiger partial charge in [0.05, 0.1) is 0 Å². The lowest BCUT2D eigenvalue weighted by atomic mass is 10.1. The van der Waals surface area contributed by atoms with E-state index in [0.29, 0.717) is 6.04 Å². The number of hydrogen-bond donors (Lipinski definition) is 1. The van der Waals surface area contributed by atoms with Gasteiger partial charge in [-0.25, -0.2) is 0 Å². The lowest BCUT2D eigenvalue weighted by Crippen LogP contribution is -2.30. The fourth-order valence-corrected chi connectivity index (χ4v) is 2.20. The van der Waals surface area contributed by atoms with E-state index in [9.17, 15) is 0 Å². The summed E-state index contributed by atoms with van der Waals surface area (Å²) in [6, 6.07) is 10.3. The minimum atomic E-state index is 0.565. The van der Waals surface area contributed by atoms with Crippen LogP contribution in [0.3, 0.4) is 0 Å². The molecule has 1 aliphatic rings. The number of rotatable bonds is 6. The maximum Gasteiger partial charge on any atom is 0.0368 e. The summed E-state index contributed by atoms with van der Waals surface area (Å²) in [7, 11) is 0. The molecule has 0 heterocycles. The standard InChI is InChI=1S/C15H24N2/c1-4-17(12(2)3)15-9-5-13(6-10-15)11-16-14-7-8-14/h5-6,9-10,12,14,16H,4,7-8,11H2,1-3H3. The highest BCUT2D eigenvalue weighted by Crippen LogP contribution is 2.21. The molecule has 0 saturated heterocycles. The second-order valence-corrected chi connectivity index (χ2v) is 5.20. The first-order valence-electron chi connectivity index (χ1n) is 6.79. The van der Waals surface area contributed by atoms with Gasteiger partial charge in [-0.3, -0.25) is 0 Å².